The molecule has 2 heterocycles. The summed E-state index contributed by atoms with van der Waals surface area (Å²) in [7, 11) is 0. The van der Waals surface area contributed by atoms with Gasteiger partial charge in [-0.1, -0.05) is 13.8 Å². The van der Waals surface area contributed by atoms with Gasteiger partial charge in [0, 0.05) is 31.9 Å². The van der Waals surface area contributed by atoms with Gasteiger partial charge < -0.3 is 15.3 Å². The summed E-state index contributed by atoms with van der Waals surface area (Å²) in [6.07, 6.45) is -3.98. The van der Waals surface area contributed by atoms with Gasteiger partial charge in [0.2, 0.25) is 0 Å². The number of anilines is 1. The van der Waals surface area contributed by atoms with Crippen LogP contribution in [0.15, 0.2) is 12.1 Å². The molecule has 0 amide bonds. The van der Waals surface area contributed by atoms with Crippen LogP contribution in [0.4, 0.5) is 23.2 Å². The van der Waals surface area contributed by atoms with Gasteiger partial charge in [0.1, 0.15) is 5.82 Å². The monoisotopic (exact) mass is 348 g/mol. The van der Waals surface area contributed by atoms with E-state index >= 15 is 0 Å². The number of nitrogens with zero attached hydrogens (tertiary/aromatic N) is 1. The fourth-order valence-electron chi connectivity index (χ4n) is 3.00. The van der Waals surface area contributed by atoms with Gasteiger partial charge in [0.15, 0.2) is 0 Å². The van der Waals surface area contributed by atoms with Crippen molar-refractivity contribution < 1.29 is 27.5 Å². The number of carbonyl (C=O) groups is 1. The number of rotatable bonds is 0. The Kier molecular flexibility index (Phi) is 5.08. The lowest BCUT2D eigenvalue weighted by atomic mass is 9.76. The second-order valence-corrected chi connectivity index (χ2v) is 6.56. The van der Waals surface area contributed by atoms with Crippen LogP contribution in [-0.2, 0) is 16.8 Å². The van der Waals surface area contributed by atoms with Gasteiger partial charge in [-0.2, -0.15) is 13.2 Å². The highest BCUT2D eigenvalue weighted by molar-refractivity contribution is 5.73. The van der Waals surface area contributed by atoms with Crippen LogP contribution in [0.3, 0.4) is 0 Å². The van der Waals surface area contributed by atoms with E-state index in [1.54, 1.807) is 12.1 Å². The molecule has 2 aliphatic heterocycles. The zero-order valence-electron chi connectivity index (χ0n) is 13.5. The van der Waals surface area contributed by atoms with Crippen molar-refractivity contribution in [2.45, 2.75) is 38.4 Å². The van der Waals surface area contributed by atoms with E-state index in [0.29, 0.717) is 0 Å². The van der Waals surface area contributed by atoms with Gasteiger partial charge in [-0.25, -0.2) is 9.18 Å². The standard InChI is InChI=1S/C14H19FN2.C2HF3O2/c1-14(2)3-5-17-6-4-16-9-10-7-11(15)8-12(14)13(10)17;3-2(4,5)1(6)7/h7-8,16H,3-6,9H2,1-2H3;(H,6,7). The number of benzene rings is 1. The molecule has 8 heteroatoms. The van der Waals surface area contributed by atoms with E-state index in [0.717, 1.165) is 38.2 Å². The number of alkyl halides is 3. The molecule has 24 heavy (non-hydrogen) atoms. The second kappa shape index (κ2) is 6.58. The zero-order chi connectivity index (χ0) is 18.1. The molecule has 0 bridgehead atoms. The van der Waals surface area contributed by atoms with Crippen LogP contribution in [0, 0.1) is 5.82 Å². The van der Waals surface area contributed by atoms with Crippen molar-refractivity contribution in [3.8, 4) is 0 Å². The summed E-state index contributed by atoms with van der Waals surface area (Å²) >= 11 is 0. The van der Waals surface area contributed by atoms with Gasteiger partial charge in [0.25, 0.3) is 0 Å². The summed E-state index contributed by atoms with van der Waals surface area (Å²) in [6, 6.07) is 3.42. The van der Waals surface area contributed by atoms with E-state index in [1.807, 2.05) is 0 Å². The Morgan fingerprint density at radius 2 is 1.92 bits per heavy atom. The molecule has 0 saturated carbocycles. The smallest absolute Gasteiger partial charge is 0.475 e. The van der Waals surface area contributed by atoms with Crippen LogP contribution < -0.4 is 10.2 Å². The number of hydrogen-bond donors (Lipinski definition) is 2. The molecule has 1 aromatic carbocycles. The summed E-state index contributed by atoms with van der Waals surface area (Å²) in [4.78, 5) is 11.3. The Hall–Kier alpha value is -1.83. The highest BCUT2D eigenvalue weighted by Gasteiger charge is 2.38. The molecule has 134 valence electrons. The van der Waals surface area contributed by atoms with Crippen LogP contribution in [0.1, 0.15) is 31.4 Å². The Morgan fingerprint density at radius 1 is 1.29 bits per heavy atom. The van der Waals surface area contributed by atoms with Crippen molar-refractivity contribution in [1.29, 1.82) is 0 Å². The lowest BCUT2D eigenvalue weighted by molar-refractivity contribution is -0.192. The number of halogens is 4. The number of hydrogen-bond acceptors (Lipinski definition) is 3. The molecule has 0 aliphatic carbocycles. The molecule has 0 atom stereocenters. The van der Waals surface area contributed by atoms with E-state index in [4.69, 9.17) is 9.90 Å². The second-order valence-electron chi connectivity index (χ2n) is 6.56. The van der Waals surface area contributed by atoms with Gasteiger partial charge in [-0.05, 0) is 35.1 Å². The molecule has 3 rings (SSSR count). The number of carboxylic acids is 1. The third-order valence-corrected chi connectivity index (χ3v) is 4.32. The lowest BCUT2D eigenvalue weighted by Gasteiger charge is -2.40. The molecule has 1 aromatic rings. The third-order valence-electron chi connectivity index (χ3n) is 4.32. The van der Waals surface area contributed by atoms with Crippen LogP contribution in [0.5, 0.6) is 0 Å². The van der Waals surface area contributed by atoms with Crippen molar-refractivity contribution in [3.63, 3.8) is 0 Å². The van der Waals surface area contributed by atoms with Gasteiger partial charge >= 0.3 is 12.1 Å². The molecule has 2 N–H and O–H groups in total. The van der Waals surface area contributed by atoms with Crippen molar-refractivity contribution >= 4 is 11.7 Å². The van der Waals surface area contributed by atoms with Crippen molar-refractivity contribution in [3.05, 3.63) is 29.1 Å². The maximum Gasteiger partial charge on any atom is 0.490 e. The Bertz CT molecular complexity index is 629. The van der Waals surface area contributed by atoms with Crippen LogP contribution in [-0.4, -0.2) is 36.9 Å². The maximum absolute atomic E-state index is 13.7. The van der Waals surface area contributed by atoms with Gasteiger partial charge in [-0.3, -0.25) is 0 Å². The quantitative estimate of drug-likeness (QED) is 0.708. The minimum absolute atomic E-state index is 0.0903. The third kappa shape index (κ3) is 3.98. The molecule has 0 spiro atoms. The fraction of sp³-hybridized carbons (Fsp3) is 0.562. The summed E-state index contributed by atoms with van der Waals surface area (Å²) in [5.41, 5.74) is 3.67. The normalized spacial score (nSPS) is 18.8. The average Bonchev–Trinajstić information content (AvgIpc) is 2.65. The Morgan fingerprint density at radius 3 is 2.50 bits per heavy atom. The van der Waals surface area contributed by atoms with Gasteiger partial charge in [-0.15, -0.1) is 0 Å². The fourth-order valence-corrected chi connectivity index (χ4v) is 3.00. The predicted octanol–water partition coefficient (Wildman–Crippen LogP) is 3.05. The van der Waals surface area contributed by atoms with Crippen molar-refractivity contribution in [1.82, 2.24) is 5.32 Å². The molecule has 0 unspecified atom stereocenters. The first-order valence-corrected chi connectivity index (χ1v) is 7.61. The van der Waals surface area contributed by atoms with E-state index in [1.165, 1.54) is 11.3 Å². The number of nitrogens with one attached hydrogen (secondary N) is 1. The van der Waals surface area contributed by atoms with E-state index in [2.05, 4.69) is 24.1 Å². The summed E-state index contributed by atoms with van der Waals surface area (Å²) in [5.74, 6) is -2.86. The van der Waals surface area contributed by atoms with E-state index in [9.17, 15) is 17.6 Å². The molecule has 0 saturated heterocycles. The first-order valence-electron chi connectivity index (χ1n) is 7.61. The largest absolute Gasteiger partial charge is 0.490 e. The predicted molar refractivity (Wildman–Crippen MR) is 81.7 cm³/mol. The molecule has 0 aromatic heterocycles. The Labute approximate surface area is 137 Å². The molecule has 2 aliphatic rings. The molecule has 0 radical (unpaired) electrons. The molecular formula is C16H20F4N2O2. The molecule has 0 fully saturated rings. The van der Waals surface area contributed by atoms with Crippen LogP contribution in [0.25, 0.3) is 0 Å². The van der Waals surface area contributed by atoms with E-state index < -0.39 is 12.1 Å². The SMILES string of the molecule is CC1(C)CCN2CCNCc3cc(F)cc1c32.O=C(O)C(F)(F)F. The Balaban J connectivity index is 0.000000256. The first kappa shape index (κ1) is 18.5. The summed E-state index contributed by atoms with van der Waals surface area (Å²) in [6.45, 7) is 8.32. The minimum atomic E-state index is -5.08. The van der Waals surface area contributed by atoms with Crippen LogP contribution >= 0.6 is 0 Å². The average molecular weight is 348 g/mol. The summed E-state index contributed by atoms with van der Waals surface area (Å²) < 4.78 is 45.5. The number of carboxylic acid groups (broad SMARTS) is 1. The number of aliphatic carboxylic acids is 1. The molecule has 4 nitrogen and oxygen atoms in total. The van der Waals surface area contributed by atoms with Gasteiger partial charge in [0.05, 0.1) is 0 Å². The van der Waals surface area contributed by atoms with E-state index in [-0.39, 0.29) is 11.2 Å². The first-order chi connectivity index (χ1) is 11.0. The highest BCUT2D eigenvalue weighted by Crippen LogP contribution is 2.42. The van der Waals surface area contributed by atoms with Crippen molar-refractivity contribution in [2.75, 3.05) is 24.5 Å². The van der Waals surface area contributed by atoms with Crippen LogP contribution in [0.2, 0.25) is 0 Å². The zero-order valence-corrected chi connectivity index (χ0v) is 13.5. The summed E-state index contributed by atoms with van der Waals surface area (Å²) in [5, 5.41) is 10.5. The topological polar surface area (TPSA) is 52.6 Å². The molecular weight excluding hydrogens is 328 g/mol. The minimum Gasteiger partial charge on any atom is -0.475 e. The highest BCUT2D eigenvalue weighted by atomic mass is 19.4. The maximum atomic E-state index is 13.7. The van der Waals surface area contributed by atoms with Crippen molar-refractivity contribution in [2.24, 2.45) is 0 Å². The lowest BCUT2D eigenvalue weighted by Crippen LogP contribution is -2.39.